The van der Waals surface area contributed by atoms with Gasteiger partial charge in [0.25, 0.3) is 0 Å². The number of carbonyl (C=O) groups excluding carboxylic acids is 1. The summed E-state index contributed by atoms with van der Waals surface area (Å²) in [5.41, 5.74) is 2.27. The Morgan fingerprint density at radius 1 is 1.17 bits per heavy atom. The fourth-order valence-electron chi connectivity index (χ4n) is 2.59. The molecule has 0 bridgehead atoms. The zero-order valence-corrected chi connectivity index (χ0v) is 11.3. The molecule has 0 saturated carbocycles. The molecule has 0 unspecified atom stereocenters. The minimum Gasteiger partial charge on any atom is -0.381 e. The van der Waals surface area contributed by atoms with Crippen LogP contribution in [0.2, 0.25) is 0 Å². The fraction of sp³-hybridized carbons (Fsp3) is 0.533. The first-order valence-electron chi connectivity index (χ1n) is 6.33. The first kappa shape index (κ1) is 13.2. The highest BCUT2D eigenvalue weighted by Gasteiger charge is 2.40. The SMILES string of the molecule is COC1(C(=O)c2cc(C)cc(C)c2)CCOCC1. The molecule has 0 spiro atoms. The molecular weight excluding hydrogens is 228 g/mol. The Balaban J connectivity index is 2.33. The van der Waals surface area contributed by atoms with Crippen LogP contribution >= 0.6 is 0 Å². The number of aryl methyl sites for hydroxylation is 2. The number of methoxy groups -OCH3 is 1. The molecule has 0 aromatic heterocycles. The van der Waals surface area contributed by atoms with Crippen molar-refractivity contribution in [1.82, 2.24) is 0 Å². The number of hydrogen-bond acceptors (Lipinski definition) is 3. The van der Waals surface area contributed by atoms with E-state index in [1.54, 1.807) is 7.11 Å². The summed E-state index contributed by atoms with van der Waals surface area (Å²) in [6, 6.07) is 5.94. The molecule has 0 aliphatic carbocycles. The Morgan fingerprint density at radius 2 is 1.72 bits per heavy atom. The second kappa shape index (κ2) is 5.21. The smallest absolute Gasteiger partial charge is 0.194 e. The van der Waals surface area contributed by atoms with Crippen molar-refractivity contribution in [2.75, 3.05) is 20.3 Å². The average molecular weight is 248 g/mol. The van der Waals surface area contributed by atoms with Crippen LogP contribution in [0.5, 0.6) is 0 Å². The predicted molar refractivity (Wildman–Crippen MR) is 70.0 cm³/mol. The predicted octanol–water partition coefficient (Wildman–Crippen LogP) is 2.68. The van der Waals surface area contributed by atoms with Gasteiger partial charge in [0.05, 0.1) is 0 Å². The van der Waals surface area contributed by atoms with E-state index >= 15 is 0 Å². The number of benzene rings is 1. The van der Waals surface area contributed by atoms with E-state index in [0.29, 0.717) is 26.1 Å². The molecule has 1 aliphatic rings. The van der Waals surface area contributed by atoms with Crippen LogP contribution < -0.4 is 0 Å². The van der Waals surface area contributed by atoms with Crippen molar-refractivity contribution in [3.05, 3.63) is 34.9 Å². The lowest BCUT2D eigenvalue weighted by Gasteiger charge is -2.34. The van der Waals surface area contributed by atoms with Gasteiger partial charge in [0, 0.05) is 38.7 Å². The lowest BCUT2D eigenvalue weighted by molar-refractivity contribution is -0.0663. The van der Waals surface area contributed by atoms with Crippen molar-refractivity contribution in [3.8, 4) is 0 Å². The van der Waals surface area contributed by atoms with Crippen molar-refractivity contribution in [2.24, 2.45) is 0 Å². The topological polar surface area (TPSA) is 35.5 Å². The number of hydrogen-bond donors (Lipinski definition) is 0. The summed E-state index contributed by atoms with van der Waals surface area (Å²) in [6.07, 6.45) is 1.27. The minimum atomic E-state index is -0.696. The third-order valence-corrected chi connectivity index (χ3v) is 3.59. The van der Waals surface area contributed by atoms with Gasteiger partial charge >= 0.3 is 0 Å². The molecule has 98 valence electrons. The second-order valence-corrected chi connectivity index (χ2v) is 5.02. The Morgan fingerprint density at radius 3 is 2.22 bits per heavy atom. The van der Waals surface area contributed by atoms with Gasteiger partial charge in [-0.05, 0) is 26.0 Å². The molecule has 1 heterocycles. The van der Waals surface area contributed by atoms with Crippen LogP contribution in [-0.4, -0.2) is 31.7 Å². The second-order valence-electron chi connectivity index (χ2n) is 5.02. The molecule has 1 fully saturated rings. The average Bonchev–Trinajstić information content (AvgIpc) is 2.37. The van der Waals surface area contributed by atoms with Gasteiger partial charge in [-0.25, -0.2) is 0 Å². The monoisotopic (exact) mass is 248 g/mol. The van der Waals surface area contributed by atoms with Gasteiger partial charge in [-0.3, -0.25) is 4.79 Å². The normalized spacial score (nSPS) is 18.6. The molecular formula is C15H20O3. The molecule has 1 aromatic carbocycles. The van der Waals surface area contributed by atoms with Crippen LogP contribution in [0.3, 0.4) is 0 Å². The van der Waals surface area contributed by atoms with Crippen molar-refractivity contribution >= 4 is 5.78 Å². The maximum atomic E-state index is 12.7. The van der Waals surface area contributed by atoms with E-state index in [-0.39, 0.29) is 5.78 Å². The van der Waals surface area contributed by atoms with E-state index in [9.17, 15) is 4.79 Å². The molecule has 3 heteroatoms. The van der Waals surface area contributed by atoms with Crippen molar-refractivity contribution in [3.63, 3.8) is 0 Å². The molecule has 0 amide bonds. The fourth-order valence-corrected chi connectivity index (χ4v) is 2.59. The number of rotatable bonds is 3. The molecule has 0 atom stereocenters. The molecule has 1 aromatic rings. The minimum absolute atomic E-state index is 0.0834. The highest BCUT2D eigenvalue weighted by molar-refractivity contribution is 6.02. The quantitative estimate of drug-likeness (QED) is 0.771. The Labute approximate surface area is 108 Å². The van der Waals surface area contributed by atoms with E-state index in [4.69, 9.17) is 9.47 Å². The molecule has 2 rings (SSSR count). The summed E-state index contributed by atoms with van der Waals surface area (Å²) in [6.45, 7) is 5.19. The van der Waals surface area contributed by atoms with Crippen LogP contribution in [-0.2, 0) is 9.47 Å². The van der Waals surface area contributed by atoms with E-state index in [0.717, 1.165) is 16.7 Å². The van der Waals surface area contributed by atoms with Crippen molar-refractivity contribution in [1.29, 1.82) is 0 Å². The molecule has 0 radical (unpaired) electrons. The lowest BCUT2D eigenvalue weighted by atomic mass is 9.85. The highest BCUT2D eigenvalue weighted by Crippen LogP contribution is 2.29. The van der Waals surface area contributed by atoms with E-state index in [1.807, 2.05) is 26.0 Å². The van der Waals surface area contributed by atoms with Crippen LogP contribution in [0.15, 0.2) is 18.2 Å². The number of ether oxygens (including phenoxy) is 2. The lowest BCUT2D eigenvalue weighted by Crippen LogP contribution is -2.45. The van der Waals surface area contributed by atoms with Crippen LogP contribution in [0.1, 0.15) is 34.3 Å². The van der Waals surface area contributed by atoms with E-state index in [2.05, 4.69) is 6.07 Å². The third kappa shape index (κ3) is 2.47. The molecule has 1 aliphatic heterocycles. The summed E-state index contributed by atoms with van der Waals surface area (Å²) < 4.78 is 10.9. The van der Waals surface area contributed by atoms with Gasteiger partial charge in [0.15, 0.2) is 5.78 Å². The number of ketones is 1. The zero-order valence-electron chi connectivity index (χ0n) is 11.3. The van der Waals surface area contributed by atoms with Crippen LogP contribution in [0.25, 0.3) is 0 Å². The van der Waals surface area contributed by atoms with Gasteiger partial charge in [0.2, 0.25) is 0 Å². The summed E-state index contributed by atoms with van der Waals surface area (Å²) in [5.74, 6) is 0.0834. The first-order valence-corrected chi connectivity index (χ1v) is 6.33. The molecule has 3 nitrogen and oxygen atoms in total. The summed E-state index contributed by atoms with van der Waals surface area (Å²) >= 11 is 0. The van der Waals surface area contributed by atoms with Gasteiger partial charge in [0.1, 0.15) is 5.60 Å². The maximum Gasteiger partial charge on any atom is 0.194 e. The highest BCUT2D eigenvalue weighted by atomic mass is 16.5. The molecule has 1 saturated heterocycles. The summed E-state index contributed by atoms with van der Waals surface area (Å²) in [5, 5.41) is 0. The number of carbonyl (C=O) groups is 1. The van der Waals surface area contributed by atoms with Crippen LogP contribution in [0.4, 0.5) is 0 Å². The van der Waals surface area contributed by atoms with Crippen molar-refractivity contribution in [2.45, 2.75) is 32.3 Å². The first-order chi connectivity index (χ1) is 8.57. The Kier molecular flexibility index (Phi) is 3.83. The van der Waals surface area contributed by atoms with Gasteiger partial charge in [-0.1, -0.05) is 17.2 Å². The van der Waals surface area contributed by atoms with Crippen LogP contribution in [0, 0.1) is 13.8 Å². The van der Waals surface area contributed by atoms with E-state index in [1.165, 1.54) is 0 Å². The third-order valence-electron chi connectivity index (χ3n) is 3.59. The number of Topliss-reactive ketones (excluding diaryl/α,β-unsaturated/α-hetero) is 1. The summed E-state index contributed by atoms with van der Waals surface area (Å²) in [4.78, 5) is 12.7. The molecule has 18 heavy (non-hydrogen) atoms. The zero-order chi connectivity index (χ0) is 13.2. The Hall–Kier alpha value is -1.19. The Bertz CT molecular complexity index is 425. The largest absolute Gasteiger partial charge is 0.381 e. The molecule has 0 N–H and O–H groups in total. The van der Waals surface area contributed by atoms with Crippen molar-refractivity contribution < 1.29 is 14.3 Å². The van der Waals surface area contributed by atoms with Gasteiger partial charge in [-0.15, -0.1) is 0 Å². The maximum absolute atomic E-state index is 12.7. The van der Waals surface area contributed by atoms with E-state index < -0.39 is 5.60 Å². The van der Waals surface area contributed by atoms with Gasteiger partial charge < -0.3 is 9.47 Å². The van der Waals surface area contributed by atoms with Gasteiger partial charge in [-0.2, -0.15) is 0 Å². The standard InChI is InChI=1S/C15H20O3/c1-11-8-12(2)10-13(9-11)14(16)15(17-3)4-6-18-7-5-15/h8-10H,4-7H2,1-3H3. The summed E-state index contributed by atoms with van der Waals surface area (Å²) in [7, 11) is 1.62.